The molecule has 6 nitrogen and oxygen atoms in total. The smallest absolute Gasteiger partial charge is 0.306 e. The number of nitrogens with zero attached hydrogens (tertiary/aromatic N) is 1. The molecule has 2 rings (SSSR count). The summed E-state index contributed by atoms with van der Waals surface area (Å²) in [5, 5.41) is 3.29. The van der Waals surface area contributed by atoms with E-state index in [9.17, 15) is 14.4 Å². The van der Waals surface area contributed by atoms with Crippen LogP contribution in [0.2, 0.25) is 5.02 Å². The van der Waals surface area contributed by atoms with Crippen molar-refractivity contribution in [2.75, 3.05) is 18.0 Å². The molecule has 1 atom stereocenters. The number of halogens is 1. The van der Waals surface area contributed by atoms with Gasteiger partial charge >= 0.3 is 5.97 Å². The second kappa shape index (κ2) is 11.2. The highest BCUT2D eigenvalue weighted by Gasteiger charge is 2.23. The van der Waals surface area contributed by atoms with E-state index in [1.165, 1.54) is 0 Å². The van der Waals surface area contributed by atoms with E-state index in [-0.39, 0.29) is 18.2 Å². The molecule has 2 aromatic rings. The Hall–Kier alpha value is -2.86. The first-order valence-electron chi connectivity index (χ1n) is 9.52. The van der Waals surface area contributed by atoms with Crippen LogP contribution in [0.25, 0.3) is 0 Å². The lowest BCUT2D eigenvalue weighted by Gasteiger charge is -2.24. The van der Waals surface area contributed by atoms with E-state index in [1.54, 1.807) is 36.1 Å². The fourth-order valence-electron chi connectivity index (χ4n) is 2.74. The van der Waals surface area contributed by atoms with Crippen molar-refractivity contribution in [3.8, 4) is 0 Å². The summed E-state index contributed by atoms with van der Waals surface area (Å²) >= 11 is 5.80. The SMILES string of the molecule is CCN(C(=O)[C@H](C)OC(=O)CCCNC(=O)c1ccc(Cl)cc1)c1ccccc1. The van der Waals surface area contributed by atoms with Crippen molar-refractivity contribution in [3.63, 3.8) is 0 Å². The summed E-state index contributed by atoms with van der Waals surface area (Å²) in [5.74, 6) is -0.987. The lowest BCUT2D eigenvalue weighted by atomic mass is 10.2. The Bertz CT molecular complexity index is 824. The van der Waals surface area contributed by atoms with Crippen LogP contribution in [0, 0.1) is 0 Å². The molecule has 0 aromatic heterocycles. The van der Waals surface area contributed by atoms with E-state index in [0.717, 1.165) is 5.69 Å². The van der Waals surface area contributed by atoms with Crippen molar-refractivity contribution >= 4 is 35.1 Å². The lowest BCUT2D eigenvalue weighted by molar-refractivity contribution is -0.153. The number of carbonyl (C=O) groups excluding carboxylic acids is 3. The molecule has 0 fully saturated rings. The number of carbonyl (C=O) groups is 3. The maximum atomic E-state index is 12.6. The number of anilines is 1. The van der Waals surface area contributed by atoms with Crippen molar-refractivity contribution in [1.82, 2.24) is 5.32 Å². The first-order chi connectivity index (χ1) is 13.9. The predicted molar refractivity (Wildman–Crippen MR) is 113 cm³/mol. The summed E-state index contributed by atoms with van der Waals surface area (Å²) in [6, 6.07) is 15.8. The van der Waals surface area contributed by atoms with Crippen LogP contribution in [0.3, 0.4) is 0 Å². The summed E-state index contributed by atoms with van der Waals surface area (Å²) in [4.78, 5) is 38.2. The quantitative estimate of drug-likeness (QED) is 0.497. The molecular weight excluding hydrogens is 392 g/mol. The molecule has 0 heterocycles. The van der Waals surface area contributed by atoms with Crippen LogP contribution in [-0.2, 0) is 14.3 Å². The standard InChI is InChI=1S/C22H25ClN2O4/c1-3-25(19-8-5-4-6-9-19)22(28)16(2)29-20(26)10-7-15-24-21(27)17-11-13-18(23)14-12-17/h4-6,8-9,11-14,16H,3,7,10,15H2,1-2H3,(H,24,27)/t16-/m0/s1. The first-order valence-corrected chi connectivity index (χ1v) is 9.89. The molecule has 0 unspecified atom stereocenters. The maximum Gasteiger partial charge on any atom is 0.306 e. The maximum absolute atomic E-state index is 12.6. The van der Waals surface area contributed by atoms with Crippen LogP contribution in [0.4, 0.5) is 5.69 Å². The number of para-hydroxylation sites is 1. The highest BCUT2D eigenvalue weighted by molar-refractivity contribution is 6.30. The summed E-state index contributed by atoms with van der Waals surface area (Å²) in [6.07, 6.45) is -0.364. The van der Waals surface area contributed by atoms with Gasteiger partial charge in [-0.15, -0.1) is 0 Å². The Morgan fingerprint density at radius 3 is 2.34 bits per heavy atom. The van der Waals surface area contributed by atoms with Gasteiger partial charge in [0.1, 0.15) is 0 Å². The molecule has 1 N–H and O–H groups in total. The molecule has 0 saturated heterocycles. The van der Waals surface area contributed by atoms with Crippen LogP contribution in [-0.4, -0.2) is 37.0 Å². The first kappa shape index (κ1) is 22.4. The minimum Gasteiger partial charge on any atom is -0.453 e. The molecule has 0 aliphatic carbocycles. The van der Waals surface area contributed by atoms with E-state index in [0.29, 0.717) is 30.1 Å². The van der Waals surface area contributed by atoms with E-state index >= 15 is 0 Å². The zero-order valence-electron chi connectivity index (χ0n) is 16.6. The Balaban J connectivity index is 1.74. The molecule has 0 aliphatic rings. The van der Waals surface area contributed by atoms with Gasteiger partial charge in [0.25, 0.3) is 11.8 Å². The topological polar surface area (TPSA) is 75.7 Å². The number of amides is 2. The summed E-state index contributed by atoms with van der Waals surface area (Å²) in [6.45, 7) is 4.22. The molecule has 154 valence electrons. The number of likely N-dealkylation sites (N-methyl/N-ethyl adjacent to an activating group) is 1. The van der Waals surface area contributed by atoms with Crippen LogP contribution in [0.5, 0.6) is 0 Å². The van der Waals surface area contributed by atoms with Gasteiger partial charge in [0.15, 0.2) is 6.10 Å². The highest BCUT2D eigenvalue weighted by atomic mass is 35.5. The third kappa shape index (κ3) is 6.91. The van der Waals surface area contributed by atoms with Crippen LogP contribution >= 0.6 is 11.6 Å². The fraction of sp³-hybridized carbons (Fsp3) is 0.318. The van der Waals surface area contributed by atoms with Crippen LogP contribution in [0.1, 0.15) is 37.0 Å². The molecule has 0 saturated carbocycles. The summed E-state index contributed by atoms with van der Waals surface area (Å²) in [7, 11) is 0. The Labute approximate surface area is 175 Å². The molecule has 0 bridgehead atoms. The van der Waals surface area contributed by atoms with Gasteiger partial charge in [0.05, 0.1) is 0 Å². The third-order valence-electron chi connectivity index (χ3n) is 4.26. The van der Waals surface area contributed by atoms with Crippen LogP contribution < -0.4 is 10.2 Å². The second-order valence-electron chi connectivity index (χ2n) is 6.42. The highest BCUT2D eigenvalue weighted by Crippen LogP contribution is 2.15. The van der Waals surface area contributed by atoms with E-state index < -0.39 is 12.1 Å². The molecule has 29 heavy (non-hydrogen) atoms. The van der Waals surface area contributed by atoms with E-state index in [1.807, 2.05) is 37.3 Å². The molecule has 0 spiro atoms. The average Bonchev–Trinajstić information content (AvgIpc) is 2.72. The zero-order chi connectivity index (χ0) is 21.2. The van der Waals surface area contributed by atoms with Gasteiger partial charge in [-0.1, -0.05) is 29.8 Å². The molecule has 2 aromatic carbocycles. The number of ether oxygens (including phenoxy) is 1. The normalized spacial score (nSPS) is 11.4. The van der Waals surface area contributed by atoms with Crippen molar-refractivity contribution in [2.24, 2.45) is 0 Å². The van der Waals surface area contributed by atoms with Crippen molar-refractivity contribution in [1.29, 1.82) is 0 Å². The lowest BCUT2D eigenvalue weighted by Crippen LogP contribution is -2.40. The van der Waals surface area contributed by atoms with Crippen molar-refractivity contribution in [2.45, 2.75) is 32.8 Å². The molecule has 0 aliphatic heterocycles. The van der Waals surface area contributed by atoms with Gasteiger partial charge < -0.3 is 15.0 Å². The Morgan fingerprint density at radius 2 is 1.72 bits per heavy atom. The van der Waals surface area contributed by atoms with Crippen LogP contribution in [0.15, 0.2) is 54.6 Å². The summed E-state index contributed by atoms with van der Waals surface area (Å²) in [5.41, 5.74) is 1.25. The Kier molecular flexibility index (Phi) is 8.68. The van der Waals surface area contributed by atoms with Gasteiger partial charge in [-0.2, -0.15) is 0 Å². The van der Waals surface area contributed by atoms with Crippen molar-refractivity contribution < 1.29 is 19.1 Å². The number of benzene rings is 2. The fourth-order valence-corrected chi connectivity index (χ4v) is 2.86. The van der Waals surface area contributed by atoms with Gasteiger partial charge in [0.2, 0.25) is 0 Å². The van der Waals surface area contributed by atoms with Gasteiger partial charge in [0, 0.05) is 35.8 Å². The second-order valence-corrected chi connectivity index (χ2v) is 6.85. The van der Waals surface area contributed by atoms with Gasteiger partial charge in [-0.05, 0) is 56.7 Å². The minimum atomic E-state index is -0.883. The number of hydrogen-bond donors (Lipinski definition) is 1. The van der Waals surface area contributed by atoms with E-state index in [2.05, 4.69) is 5.32 Å². The van der Waals surface area contributed by atoms with Crippen molar-refractivity contribution in [3.05, 3.63) is 65.2 Å². The zero-order valence-corrected chi connectivity index (χ0v) is 17.3. The number of nitrogens with one attached hydrogen (secondary N) is 1. The van der Waals surface area contributed by atoms with E-state index in [4.69, 9.17) is 16.3 Å². The molecule has 2 amide bonds. The van der Waals surface area contributed by atoms with Gasteiger partial charge in [-0.3, -0.25) is 14.4 Å². The third-order valence-corrected chi connectivity index (χ3v) is 4.51. The average molecular weight is 417 g/mol. The number of rotatable bonds is 9. The largest absolute Gasteiger partial charge is 0.453 e. The predicted octanol–water partition coefficient (Wildman–Crippen LogP) is 3.83. The molecular formula is C22H25ClN2O4. The minimum absolute atomic E-state index is 0.107. The van der Waals surface area contributed by atoms with Gasteiger partial charge in [-0.25, -0.2) is 0 Å². The summed E-state index contributed by atoms with van der Waals surface area (Å²) < 4.78 is 5.26. The molecule has 7 heteroatoms. The number of esters is 1. The molecule has 0 radical (unpaired) electrons. The number of hydrogen-bond acceptors (Lipinski definition) is 4. The monoisotopic (exact) mass is 416 g/mol. The Morgan fingerprint density at radius 1 is 1.07 bits per heavy atom.